The Balaban J connectivity index is 1.96. The molecule has 0 radical (unpaired) electrons. The predicted octanol–water partition coefficient (Wildman–Crippen LogP) is 2.07. The van der Waals surface area contributed by atoms with Crippen LogP contribution < -0.4 is 5.73 Å². The van der Waals surface area contributed by atoms with E-state index in [4.69, 9.17) is 10.5 Å². The molecule has 2 heterocycles. The highest BCUT2D eigenvalue weighted by molar-refractivity contribution is 5.27. The van der Waals surface area contributed by atoms with Gasteiger partial charge in [0.25, 0.3) is 0 Å². The van der Waals surface area contributed by atoms with Crippen molar-refractivity contribution in [3.8, 4) is 0 Å². The predicted molar refractivity (Wildman–Crippen MR) is 73.8 cm³/mol. The molecule has 0 amide bonds. The number of nitrogens with two attached hydrogens (primary N) is 1. The molecule has 1 aromatic heterocycles. The normalized spacial score (nSPS) is 24.5. The zero-order chi connectivity index (χ0) is 13.3. The molecule has 0 saturated carbocycles. The smallest absolute Gasteiger partial charge is 0.0954 e. The van der Waals surface area contributed by atoms with E-state index in [9.17, 15) is 0 Å². The molecule has 100 valence electrons. The SMILES string of the molecule is CC1(n2cncc2C(N)c2ccccc2)CCOC1. The van der Waals surface area contributed by atoms with Crippen LogP contribution in [-0.4, -0.2) is 22.8 Å². The van der Waals surface area contributed by atoms with E-state index in [1.807, 2.05) is 30.7 Å². The van der Waals surface area contributed by atoms with Crippen molar-refractivity contribution in [1.29, 1.82) is 0 Å². The molecule has 3 rings (SSSR count). The van der Waals surface area contributed by atoms with E-state index in [0.29, 0.717) is 0 Å². The second-order valence-electron chi connectivity index (χ2n) is 5.38. The Labute approximate surface area is 113 Å². The number of hydrogen-bond acceptors (Lipinski definition) is 3. The van der Waals surface area contributed by atoms with Gasteiger partial charge >= 0.3 is 0 Å². The fourth-order valence-electron chi connectivity index (χ4n) is 2.66. The summed E-state index contributed by atoms with van der Waals surface area (Å²) in [4.78, 5) is 4.29. The van der Waals surface area contributed by atoms with Gasteiger partial charge < -0.3 is 15.0 Å². The summed E-state index contributed by atoms with van der Waals surface area (Å²) in [6.45, 7) is 3.72. The third-order valence-electron chi connectivity index (χ3n) is 3.92. The van der Waals surface area contributed by atoms with Gasteiger partial charge in [-0.05, 0) is 18.9 Å². The number of hydrogen-bond donors (Lipinski definition) is 1. The first-order valence-electron chi connectivity index (χ1n) is 6.62. The molecular weight excluding hydrogens is 238 g/mol. The molecule has 0 aliphatic carbocycles. The average Bonchev–Trinajstić information content (AvgIpc) is 3.08. The summed E-state index contributed by atoms with van der Waals surface area (Å²) in [7, 11) is 0. The van der Waals surface area contributed by atoms with Crippen molar-refractivity contribution in [2.75, 3.05) is 13.2 Å². The van der Waals surface area contributed by atoms with Gasteiger partial charge in [0.15, 0.2) is 0 Å². The lowest BCUT2D eigenvalue weighted by Crippen LogP contribution is -2.33. The van der Waals surface area contributed by atoms with E-state index >= 15 is 0 Å². The van der Waals surface area contributed by atoms with Crippen molar-refractivity contribution in [3.63, 3.8) is 0 Å². The van der Waals surface area contributed by atoms with E-state index in [0.717, 1.165) is 30.9 Å². The third-order valence-corrected chi connectivity index (χ3v) is 3.92. The molecule has 0 bridgehead atoms. The molecule has 1 aliphatic rings. The van der Waals surface area contributed by atoms with Crippen molar-refractivity contribution >= 4 is 0 Å². The maximum atomic E-state index is 6.39. The molecule has 2 aromatic rings. The minimum absolute atomic E-state index is 0.0295. The molecule has 0 spiro atoms. The maximum absolute atomic E-state index is 6.39. The van der Waals surface area contributed by atoms with Crippen LogP contribution in [0, 0.1) is 0 Å². The van der Waals surface area contributed by atoms with Crippen LogP contribution in [0.1, 0.15) is 30.6 Å². The highest BCUT2D eigenvalue weighted by Gasteiger charge is 2.34. The van der Waals surface area contributed by atoms with Crippen LogP contribution in [0.5, 0.6) is 0 Å². The summed E-state index contributed by atoms with van der Waals surface area (Å²) < 4.78 is 7.71. The standard InChI is InChI=1S/C15H19N3O/c1-15(7-8-19-10-15)18-11-17-9-13(18)14(16)12-5-3-2-4-6-12/h2-6,9,11,14H,7-8,10,16H2,1H3. The Morgan fingerprint density at radius 3 is 2.84 bits per heavy atom. The first-order valence-corrected chi connectivity index (χ1v) is 6.62. The molecule has 4 nitrogen and oxygen atoms in total. The third kappa shape index (κ3) is 2.17. The van der Waals surface area contributed by atoms with Crippen LogP contribution in [0.25, 0.3) is 0 Å². The summed E-state index contributed by atoms with van der Waals surface area (Å²) in [5.41, 5.74) is 8.50. The summed E-state index contributed by atoms with van der Waals surface area (Å²) in [5.74, 6) is 0. The van der Waals surface area contributed by atoms with Gasteiger partial charge in [-0.25, -0.2) is 4.98 Å². The number of aromatic nitrogens is 2. The molecule has 1 aliphatic heterocycles. The van der Waals surface area contributed by atoms with Crippen molar-refractivity contribution in [1.82, 2.24) is 9.55 Å². The van der Waals surface area contributed by atoms with E-state index in [-0.39, 0.29) is 11.6 Å². The molecule has 2 N–H and O–H groups in total. The average molecular weight is 257 g/mol. The van der Waals surface area contributed by atoms with Gasteiger partial charge in [-0.15, -0.1) is 0 Å². The van der Waals surface area contributed by atoms with Gasteiger partial charge in [-0.1, -0.05) is 30.3 Å². The molecule has 1 aromatic carbocycles. The lowest BCUT2D eigenvalue weighted by molar-refractivity contribution is 0.160. The number of imidazole rings is 1. The Morgan fingerprint density at radius 1 is 1.37 bits per heavy atom. The largest absolute Gasteiger partial charge is 0.379 e. The van der Waals surface area contributed by atoms with E-state index in [2.05, 4.69) is 28.6 Å². The Kier molecular flexibility index (Phi) is 3.12. The van der Waals surface area contributed by atoms with E-state index in [1.165, 1.54) is 0 Å². The van der Waals surface area contributed by atoms with Crippen molar-refractivity contribution < 1.29 is 4.74 Å². The summed E-state index contributed by atoms with van der Waals surface area (Å²) in [5, 5.41) is 0. The zero-order valence-electron chi connectivity index (χ0n) is 11.1. The van der Waals surface area contributed by atoms with Crippen LogP contribution >= 0.6 is 0 Å². The van der Waals surface area contributed by atoms with Gasteiger partial charge in [0.2, 0.25) is 0 Å². The van der Waals surface area contributed by atoms with Crippen LogP contribution in [0.4, 0.5) is 0 Å². The fourth-order valence-corrected chi connectivity index (χ4v) is 2.66. The minimum atomic E-state index is -0.152. The van der Waals surface area contributed by atoms with Gasteiger partial charge in [-0.2, -0.15) is 0 Å². The van der Waals surface area contributed by atoms with Gasteiger partial charge in [0.1, 0.15) is 0 Å². The first kappa shape index (κ1) is 12.4. The molecule has 2 atom stereocenters. The zero-order valence-corrected chi connectivity index (χ0v) is 11.1. The Hall–Kier alpha value is -1.65. The first-order chi connectivity index (χ1) is 9.21. The van der Waals surface area contributed by atoms with Crippen LogP contribution in [0.2, 0.25) is 0 Å². The van der Waals surface area contributed by atoms with E-state index in [1.54, 1.807) is 0 Å². The maximum Gasteiger partial charge on any atom is 0.0954 e. The lowest BCUT2D eigenvalue weighted by Gasteiger charge is -2.28. The van der Waals surface area contributed by atoms with Gasteiger partial charge in [0, 0.05) is 6.61 Å². The molecular formula is C15H19N3O. The molecule has 2 unspecified atom stereocenters. The van der Waals surface area contributed by atoms with Gasteiger partial charge in [-0.3, -0.25) is 0 Å². The van der Waals surface area contributed by atoms with Crippen LogP contribution in [0.3, 0.4) is 0 Å². The van der Waals surface area contributed by atoms with Crippen LogP contribution in [-0.2, 0) is 10.3 Å². The van der Waals surface area contributed by atoms with Crippen LogP contribution in [0.15, 0.2) is 42.9 Å². The second kappa shape index (κ2) is 4.79. The molecule has 1 fully saturated rings. The number of nitrogens with zero attached hydrogens (tertiary/aromatic N) is 2. The molecule has 1 saturated heterocycles. The molecule has 19 heavy (non-hydrogen) atoms. The van der Waals surface area contributed by atoms with Crippen molar-refractivity contribution in [2.24, 2.45) is 5.73 Å². The Morgan fingerprint density at radius 2 is 2.16 bits per heavy atom. The summed E-state index contributed by atoms with van der Waals surface area (Å²) >= 11 is 0. The number of rotatable bonds is 3. The van der Waals surface area contributed by atoms with Gasteiger partial charge in [0.05, 0.1) is 36.4 Å². The number of ether oxygens (including phenoxy) is 1. The lowest BCUT2D eigenvalue weighted by atomic mass is 9.98. The number of benzene rings is 1. The summed E-state index contributed by atoms with van der Waals surface area (Å²) in [6, 6.07) is 9.97. The highest BCUT2D eigenvalue weighted by Crippen LogP contribution is 2.31. The minimum Gasteiger partial charge on any atom is -0.379 e. The quantitative estimate of drug-likeness (QED) is 0.915. The second-order valence-corrected chi connectivity index (χ2v) is 5.38. The fraction of sp³-hybridized carbons (Fsp3) is 0.400. The molecule has 4 heteroatoms. The van der Waals surface area contributed by atoms with E-state index < -0.39 is 0 Å². The Bertz CT molecular complexity index is 544. The topological polar surface area (TPSA) is 53.1 Å². The van der Waals surface area contributed by atoms with Crippen molar-refractivity contribution in [2.45, 2.75) is 24.9 Å². The van der Waals surface area contributed by atoms with Crippen molar-refractivity contribution in [3.05, 3.63) is 54.1 Å². The summed E-state index contributed by atoms with van der Waals surface area (Å²) in [6.07, 6.45) is 4.73. The highest BCUT2D eigenvalue weighted by atomic mass is 16.5. The monoisotopic (exact) mass is 257 g/mol.